The third-order valence-corrected chi connectivity index (χ3v) is 6.21. The molecular formula is C16H20O3S. The first-order valence-electron chi connectivity index (χ1n) is 7.36. The third kappa shape index (κ3) is 1.89. The normalized spacial score (nSPS) is 35.8. The van der Waals surface area contributed by atoms with E-state index in [1.807, 2.05) is 12.1 Å². The predicted octanol–water partition coefficient (Wildman–Crippen LogP) is 2.61. The van der Waals surface area contributed by atoms with Gasteiger partial charge < -0.3 is 9.47 Å². The van der Waals surface area contributed by atoms with Crippen molar-refractivity contribution in [1.29, 1.82) is 0 Å². The molecule has 1 spiro atoms. The highest BCUT2D eigenvalue weighted by atomic mass is 32.2. The van der Waals surface area contributed by atoms with Crippen molar-refractivity contribution in [3.8, 4) is 0 Å². The van der Waals surface area contributed by atoms with Gasteiger partial charge in [0.1, 0.15) is 0 Å². The zero-order chi connectivity index (χ0) is 13.8. The molecule has 3 unspecified atom stereocenters. The molecule has 0 aromatic heterocycles. The Morgan fingerprint density at radius 1 is 1.20 bits per heavy atom. The van der Waals surface area contributed by atoms with E-state index in [1.165, 1.54) is 12.0 Å². The first kappa shape index (κ1) is 13.0. The number of rotatable bonds is 2. The minimum absolute atomic E-state index is 0.282. The molecule has 3 nitrogen and oxygen atoms in total. The second kappa shape index (κ2) is 4.39. The molecule has 4 heteroatoms. The van der Waals surface area contributed by atoms with Gasteiger partial charge in [0, 0.05) is 34.8 Å². The summed E-state index contributed by atoms with van der Waals surface area (Å²) in [4.78, 5) is 0.941. The number of hydrogen-bond acceptors (Lipinski definition) is 3. The van der Waals surface area contributed by atoms with Crippen molar-refractivity contribution in [1.82, 2.24) is 0 Å². The Kier molecular flexibility index (Phi) is 2.85. The van der Waals surface area contributed by atoms with E-state index < -0.39 is 10.8 Å². The van der Waals surface area contributed by atoms with Gasteiger partial charge in [-0.2, -0.15) is 0 Å². The molecule has 3 aliphatic rings. The molecule has 0 bridgehead atoms. The predicted molar refractivity (Wildman–Crippen MR) is 77.0 cm³/mol. The van der Waals surface area contributed by atoms with E-state index in [1.54, 1.807) is 6.26 Å². The van der Waals surface area contributed by atoms with E-state index >= 15 is 0 Å². The van der Waals surface area contributed by atoms with Crippen molar-refractivity contribution in [2.75, 3.05) is 19.5 Å². The van der Waals surface area contributed by atoms with Crippen molar-refractivity contribution in [2.45, 2.75) is 41.8 Å². The lowest BCUT2D eigenvalue weighted by atomic mass is 9.80. The topological polar surface area (TPSA) is 35.5 Å². The molecule has 1 aromatic carbocycles. The molecule has 0 amide bonds. The number of fused-ring (bicyclic) bond motifs is 1. The van der Waals surface area contributed by atoms with E-state index in [-0.39, 0.29) is 5.79 Å². The van der Waals surface area contributed by atoms with E-state index in [9.17, 15) is 4.21 Å². The Labute approximate surface area is 122 Å². The van der Waals surface area contributed by atoms with Crippen molar-refractivity contribution in [3.63, 3.8) is 0 Å². The molecule has 2 aliphatic carbocycles. The zero-order valence-corrected chi connectivity index (χ0v) is 12.6. The molecule has 2 saturated carbocycles. The van der Waals surface area contributed by atoms with Crippen LogP contribution in [0.15, 0.2) is 29.2 Å². The molecule has 1 aromatic rings. The van der Waals surface area contributed by atoms with E-state index in [0.29, 0.717) is 11.3 Å². The van der Waals surface area contributed by atoms with Crippen molar-refractivity contribution >= 4 is 10.8 Å². The summed E-state index contributed by atoms with van der Waals surface area (Å²) in [6.45, 7) is 1.48. The summed E-state index contributed by atoms with van der Waals surface area (Å²) >= 11 is 0. The first-order chi connectivity index (χ1) is 9.64. The highest BCUT2D eigenvalue weighted by molar-refractivity contribution is 7.84. The average Bonchev–Trinajstić information content (AvgIpc) is 3.01. The van der Waals surface area contributed by atoms with Gasteiger partial charge in [0.15, 0.2) is 5.79 Å². The van der Waals surface area contributed by atoms with Gasteiger partial charge in [-0.25, -0.2) is 0 Å². The maximum Gasteiger partial charge on any atom is 0.168 e. The number of hydrogen-bond donors (Lipinski definition) is 0. The van der Waals surface area contributed by atoms with Crippen LogP contribution in [0.5, 0.6) is 0 Å². The minimum Gasteiger partial charge on any atom is -0.348 e. The van der Waals surface area contributed by atoms with Crippen LogP contribution >= 0.6 is 0 Å². The van der Waals surface area contributed by atoms with E-state index in [4.69, 9.17) is 9.47 Å². The van der Waals surface area contributed by atoms with Crippen molar-refractivity contribution in [2.24, 2.45) is 5.92 Å². The molecular weight excluding hydrogens is 272 g/mol. The van der Waals surface area contributed by atoms with Gasteiger partial charge in [0.05, 0.1) is 13.2 Å². The summed E-state index contributed by atoms with van der Waals surface area (Å²) in [5, 5.41) is 0. The highest BCUT2D eigenvalue weighted by Crippen LogP contribution is 2.65. The summed E-state index contributed by atoms with van der Waals surface area (Å²) in [6.07, 6.45) is 6.10. The van der Waals surface area contributed by atoms with Gasteiger partial charge in [-0.15, -0.1) is 0 Å². The van der Waals surface area contributed by atoms with Crippen LogP contribution in [0.2, 0.25) is 0 Å². The van der Waals surface area contributed by atoms with Gasteiger partial charge >= 0.3 is 0 Å². The summed E-state index contributed by atoms with van der Waals surface area (Å²) in [7, 11) is -0.901. The maximum absolute atomic E-state index is 11.7. The lowest BCUT2D eigenvalue weighted by molar-refractivity contribution is -0.180. The SMILES string of the molecule is CS(=O)c1cccc(C23CCC4(CC2C3)OCCO4)c1. The van der Waals surface area contributed by atoms with Crippen LogP contribution in [0.25, 0.3) is 0 Å². The summed E-state index contributed by atoms with van der Waals surface area (Å²) in [5.41, 5.74) is 1.67. The van der Waals surface area contributed by atoms with Gasteiger partial charge in [0.2, 0.25) is 0 Å². The quantitative estimate of drug-likeness (QED) is 0.840. The smallest absolute Gasteiger partial charge is 0.168 e. The molecule has 1 saturated heterocycles. The monoisotopic (exact) mass is 292 g/mol. The first-order valence-corrected chi connectivity index (χ1v) is 8.91. The molecule has 108 valence electrons. The largest absolute Gasteiger partial charge is 0.348 e. The molecule has 0 N–H and O–H groups in total. The summed E-state index contributed by atoms with van der Waals surface area (Å²) < 4.78 is 23.4. The minimum atomic E-state index is -0.901. The molecule has 0 radical (unpaired) electrons. The standard InChI is InChI=1S/C16H20O3S/c1-20(17)14-4-2-3-12(9-14)15-5-6-16(11-13(15)10-15)18-7-8-19-16/h2-4,9,13H,5-8,10-11H2,1H3. The number of ether oxygens (including phenoxy) is 2. The maximum atomic E-state index is 11.7. The Hall–Kier alpha value is -0.710. The Morgan fingerprint density at radius 3 is 2.70 bits per heavy atom. The van der Waals surface area contributed by atoms with Gasteiger partial charge in [-0.05, 0) is 41.9 Å². The molecule has 3 fully saturated rings. The Balaban J connectivity index is 1.59. The van der Waals surface area contributed by atoms with Gasteiger partial charge in [0.25, 0.3) is 0 Å². The number of benzene rings is 1. The van der Waals surface area contributed by atoms with Crippen LogP contribution in [-0.2, 0) is 25.7 Å². The summed E-state index contributed by atoms with van der Waals surface area (Å²) in [5.74, 6) is 0.380. The van der Waals surface area contributed by atoms with Crippen LogP contribution in [0.3, 0.4) is 0 Å². The van der Waals surface area contributed by atoms with Crippen LogP contribution in [0.1, 0.15) is 31.2 Å². The zero-order valence-electron chi connectivity index (χ0n) is 11.8. The summed E-state index contributed by atoms with van der Waals surface area (Å²) in [6, 6.07) is 8.35. The van der Waals surface area contributed by atoms with Crippen LogP contribution in [-0.4, -0.2) is 29.5 Å². The lowest BCUT2D eigenvalue weighted by Gasteiger charge is -2.35. The average molecular weight is 292 g/mol. The van der Waals surface area contributed by atoms with Gasteiger partial charge in [-0.3, -0.25) is 4.21 Å². The molecule has 20 heavy (non-hydrogen) atoms. The van der Waals surface area contributed by atoms with Crippen LogP contribution in [0.4, 0.5) is 0 Å². The molecule has 1 heterocycles. The van der Waals surface area contributed by atoms with Crippen LogP contribution < -0.4 is 0 Å². The fourth-order valence-corrected chi connectivity index (χ4v) is 4.65. The molecule has 1 aliphatic heterocycles. The van der Waals surface area contributed by atoms with E-state index in [2.05, 4.69) is 12.1 Å². The van der Waals surface area contributed by atoms with Crippen LogP contribution in [0, 0.1) is 5.92 Å². The van der Waals surface area contributed by atoms with Crippen molar-refractivity contribution in [3.05, 3.63) is 29.8 Å². The van der Waals surface area contributed by atoms with E-state index in [0.717, 1.165) is 37.4 Å². The van der Waals surface area contributed by atoms with Crippen molar-refractivity contribution < 1.29 is 13.7 Å². The Morgan fingerprint density at radius 2 is 2.00 bits per heavy atom. The highest BCUT2D eigenvalue weighted by Gasteiger charge is 2.62. The molecule has 3 atom stereocenters. The molecule has 4 rings (SSSR count). The van der Waals surface area contributed by atoms with Gasteiger partial charge in [-0.1, -0.05) is 12.1 Å². The second-order valence-corrected chi connectivity index (χ2v) is 7.73. The lowest BCUT2D eigenvalue weighted by Crippen LogP contribution is -2.37. The third-order valence-electron chi connectivity index (χ3n) is 5.30. The second-order valence-electron chi connectivity index (χ2n) is 6.35. The Bertz CT molecular complexity index is 565. The fraction of sp³-hybridized carbons (Fsp3) is 0.625. The fourth-order valence-electron chi connectivity index (χ4n) is 4.09.